The molecule has 3 rings (SSSR count). The lowest BCUT2D eigenvalue weighted by Gasteiger charge is -2.11. The van der Waals surface area contributed by atoms with Gasteiger partial charge in [0.1, 0.15) is 0 Å². The third-order valence-electron chi connectivity index (χ3n) is 3.14. The van der Waals surface area contributed by atoms with Gasteiger partial charge in [-0.2, -0.15) is 0 Å². The van der Waals surface area contributed by atoms with Crippen LogP contribution in [0.25, 0.3) is 0 Å². The summed E-state index contributed by atoms with van der Waals surface area (Å²) < 4.78 is 11.7. The normalized spacial score (nSPS) is 14.5. The number of benzene rings is 1. The molecule has 106 valence electrons. The van der Waals surface area contributed by atoms with Crippen molar-refractivity contribution in [1.29, 1.82) is 0 Å². The van der Waals surface area contributed by atoms with E-state index in [-0.39, 0.29) is 0 Å². The topological polar surface area (TPSA) is 43.4 Å². The first-order valence-corrected chi connectivity index (χ1v) is 8.09. The van der Waals surface area contributed by atoms with Gasteiger partial charge in [0.05, 0.1) is 9.48 Å². The molecule has 1 unspecified atom stereocenters. The summed E-state index contributed by atoms with van der Waals surface area (Å²) >= 11 is 5.21. The minimum absolute atomic E-state index is 0.298. The standard InChI is InChI=1S/C14H15BrN2O2S/c1-9(14-17-2-3-20-14)6-16-7-10-4-11(15)13-12(5-10)18-8-19-13/h2-5,9,16H,6-8H2,1H3. The average Bonchev–Trinajstić information content (AvgIpc) is 3.09. The highest BCUT2D eigenvalue weighted by atomic mass is 79.9. The number of halogens is 1. The Morgan fingerprint density at radius 1 is 1.45 bits per heavy atom. The Kier molecular flexibility index (Phi) is 4.24. The number of rotatable bonds is 5. The van der Waals surface area contributed by atoms with Crippen LogP contribution in [0.3, 0.4) is 0 Å². The third-order valence-corrected chi connectivity index (χ3v) is 4.74. The monoisotopic (exact) mass is 354 g/mol. The first kappa shape index (κ1) is 13.9. The Balaban J connectivity index is 1.58. The Bertz CT molecular complexity index is 589. The van der Waals surface area contributed by atoms with Gasteiger partial charge in [0, 0.05) is 30.6 Å². The van der Waals surface area contributed by atoms with Crippen LogP contribution >= 0.6 is 27.3 Å². The summed E-state index contributed by atoms with van der Waals surface area (Å²) in [6, 6.07) is 4.09. The quantitative estimate of drug-likeness (QED) is 0.891. The molecule has 1 N–H and O–H groups in total. The lowest BCUT2D eigenvalue weighted by molar-refractivity contribution is 0.173. The van der Waals surface area contributed by atoms with Crippen molar-refractivity contribution in [3.63, 3.8) is 0 Å². The van der Waals surface area contributed by atoms with E-state index in [0.717, 1.165) is 29.1 Å². The second-order valence-electron chi connectivity index (χ2n) is 4.71. The zero-order chi connectivity index (χ0) is 13.9. The molecule has 2 aromatic rings. The molecule has 2 heterocycles. The van der Waals surface area contributed by atoms with Crippen molar-refractivity contribution in [3.8, 4) is 11.5 Å². The fraction of sp³-hybridized carbons (Fsp3) is 0.357. The molecule has 1 aromatic heterocycles. The molecule has 0 saturated heterocycles. The van der Waals surface area contributed by atoms with Crippen LogP contribution in [0.4, 0.5) is 0 Å². The number of hydrogen-bond donors (Lipinski definition) is 1. The largest absolute Gasteiger partial charge is 0.454 e. The number of ether oxygens (including phenoxy) is 2. The van der Waals surface area contributed by atoms with Crippen LogP contribution in [0.2, 0.25) is 0 Å². The highest BCUT2D eigenvalue weighted by Gasteiger charge is 2.17. The van der Waals surface area contributed by atoms with Gasteiger partial charge in [0.25, 0.3) is 0 Å². The zero-order valence-corrected chi connectivity index (χ0v) is 13.5. The predicted octanol–water partition coefficient (Wildman–Crippen LogP) is 3.53. The summed E-state index contributed by atoms with van der Waals surface area (Å²) in [5, 5.41) is 6.64. The summed E-state index contributed by atoms with van der Waals surface area (Å²) in [6.07, 6.45) is 1.85. The Morgan fingerprint density at radius 3 is 3.15 bits per heavy atom. The molecule has 0 fully saturated rings. The van der Waals surface area contributed by atoms with Crippen molar-refractivity contribution in [3.05, 3.63) is 38.8 Å². The fourth-order valence-corrected chi connectivity index (χ4v) is 3.42. The van der Waals surface area contributed by atoms with E-state index in [4.69, 9.17) is 9.47 Å². The van der Waals surface area contributed by atoms with Crippen LogP contribution < -0.4 is 14.8 Å². The fourth-order valence-electron chi connectivity index (χ4n) is 2.12. The van der Waals surface area contributed by atoms with Crippen molar-refractivity contribution >= 4 is 27.3 Å². The summed E-state index contributed by atoms with van der Waals surface area (Å²) in [4.78, 5) is 4.34. The van der Waals surface area contributed by atoms with E-state index in [1.54, 1.807) is 11.3 Å². The van der Waals surface area contributed by atoms with E-state index in [1.165, 1.54) is 10.6 Å². The van der Waals surface area contributed by atoms with Crippen LogP contribution in [0.15, 0.2) is 28.2 Å². The zero-order valence-electron chi connectivity index (χ0n) is 11.1. The molecule has 0 aliphatic carbocycles. The molecule has 0 saturated carbocycles. The number of nitrogens with one attached hydrogen (secondary N) is 1. The van der Waals surface area contributed by atoms with E-state index in [1.807, 2.05) is 17.6 Å². The number of hydrogen-bond acceptors (Lipinski definition) is 5. The molecule has 20 heavy (non-hydrogen) atoms. The molecule has 4 nitrogen and oxygen atoms in total. The Labute approximate surface area is 130 Å². The van der Waals surface area contributed by atoms with E-state index >= 15 is 0 Å². The summed E-state index contributed by atoms with van der Waals surface area (Å²) in [5.41, 5.74) is 1.17. The molecule has 1 aliphatic heterocycles. The third kappa shape index (κ3) is 2.97. The average molecular weight is 355 g/mol. The maximum absolute atomic E-state index is 5.42. The van der Waals surface area contributed by atoms with Crippen LogP contribution in [0.5, 0.6) is 11.5 Å². The van der Waals surface area contributed by atoms with Crippen LogP contribution in [-0.2, 0) is 6.54 Å². The van der Waals surface area contributed by atoms with Gasteiger partial charge in [0.2, 0.25) is 6.79 Å². The Morgan fingerprint density at radius 2 is 2.35 bits per heavy atom. The maximum atomic E-state index is 5.42. The smallest absolute Gasteiger partial charge is 0.231 e. The van der Waals surface area contributed by atoms with Gasteiger partial charge in [-0.05, 0) is 33.6 Å². The predicted molar refractivity (Wildman–Crippen MR) is 82.5 cm³/mol. The maximum Gasteiger partial charge on any atom is 0.231 e. The van der Waals surface area contributed by atoms with E-state index in [9.17, 15) is 0 Å². The summed E-state index contributed by atoms with van der Waals surface area (Å²) in [5.74, 6) is 2.03. The van der Waals surface area contributed by atoms with Crippen molar-refractivity contribution in [2.24, 2.45) is 0 Å². The minimum Gasteiger partial charge on any atom is -0.454 e. The summed E-state index contributed by atoms with van der Waals surface area (Å²) in [6.45, 7) is 4.18. The molecule has 6 heteroatoms. The van der Waals surface area contributed by atoms with Gasteiger partial charge in [-0.25, -0.2) is 4.98 Å². The molecule has 0 radical (unpaired) electrons. The molecule has 0 bridgehead atoms. The lowest BCUT2D eigenvalue weighted by atomic mass is 10.1. The van der Waals surface area contributed by atoms with Gasteiger partial charge in [-0.15, -0.1) is 11.3 Å². The molecule has 0 amide bonds. The highest BCUT2D eigenvalue weighted by Crippen LogP contribution is 2.39. The molecule has 0 spiro atoms. The van der Waals surface area contributed by atoms with Crippen molar-refractivity contribution in [1.82, 2.24) is 10.3 Å². The van der Waals surface area contributed by atoms with Crippen LogP contribution in [0.1, 0.15) is 23.4 Å². The van der Waals surface area contributed by atoms with Crippen molar-refractivity contribution in [2.45, 2.75) is 19.4 Å². The number of nitrogens with zero attached hydrogens (tertiary/aromatic N) is 1. The second-order valence-corrected chi connectivity index (χ2v) is 6.49. The molecular formula is C14H15BrN2O2S. The molecular weight excluding hydrogens is 340 g/mol. The number of thiazole rings is 1. The van der Waals surface area contributed by atoms with E-state index in [0.29, 0.717) is 12.7 Å². The SMILES string of the molecule is CC(CNCc1cc(Br)c2c(c1)OCO2)c1nccs1. The molecule has 1 aromatic carbocycles. The van der Waals surface area contributed by atoms with Gasteiger partial charge in [0.15, 0.2) is 11.5 Å². The van der Waals surface area contributed by atoms with Gasteiger partial charge >= 0.3 is 0 Å². The van der Waals surface area contributed by atoms with Crippen molar-refractivity contribution in [2.75, 3.05) is 13.3 Å². The molecule has 1 atom stereocenters. The molecule has 1 aliphatic rings. The highest BCUT2D eigenvalue weighted by molar-refractivity contribution is 9.10. The lowest BCUT2D eigenvalue weighted by Crippen LogP contribution is -2.19. The Hall–Kier alpha value is -1.11. The van der Waals surface area contributed by atoms with Gasteiger partial charge in [-0.3, -0.25) is 0 Å². The van der Waals surface area contributed by atoms with Crippen molar-refractivity contribution < 1.29 is 9.47 Å². The minimum atomic E-state index is 0.298. The summed E-state index contributed by atoms with van der Waals surface area (Å²) in [7, 11) is 0. The van der Waals surface area contributed by atoms with Gasteiger partial charge in [-0.1, -0.05) is 6.92 Å². The van der Waals surface area contributed by atoms with E-state index in [2.05, 4.69) is 39.2 Å². The van der Waals surface area contributed by atoms with Crippen LogP contribution in [-0.4, -0.2) is 18.3 Å². The number of aromatic nitrogens is 1. The first-order valence-electron chi connectivity index (χ1n) is 6.42. The first-order chi connectivity index (χ1) is 9.74. The number of fused-ring (bicyclic) bond motifs is 1. The van der Waals surface area contributed by atoms with Crippen LogP contribution in [0, 0.1) is 0 Å². The second kappa shape index (κ2) is 6.11. The van der Waals surface area contributed by atoms with E-state index < -0.39 is 0 Å². The van der Waals surface area contributed by atoms with Gasteiger partial charge < -0.3 is 14.8 Å².